The fourth-order valence-corrected chi connectivity index (χ4v) is 3.24. The summed E-state index contributed by atoms with van der Waals surface area (Å²) in [7, 11) is 0. The highest BCUT2D eigenvalue weighted by Gasteiger charge is 2.20. The number of aromatic nitrogens is 1. The van der Waals surface area contributed by atoms with Crippen LogP contribution in [0.4, 0.5) is 4.39 Å². The van der Waals surface area contributed by atoms with Crippen LogP contribution in [0.2, 0.25) is 0 Å². The van der Waals surface area contributed by atoms with Crippen molar-refractivity contribution in [2.24, 2.45) is 0 Å². The highest BCUT2D eigenvalue weighted by Crippen LogP contribution is 2.37. The minimum atomic E-state index is -0.206. The van der Waals surface area contributed by atoms with Crippen molar-refractivity contribution in [1.82, 2.24) is 9.88 Å². The van der Waals surface area contributed by atoms with Crippen molar-refractivity contribution in [3.8, 4) is 22.8 Å². The van der Waals surface area contributed by atoms with Gasteiger partial charge in [0.25, 0.3) is 0 Å². The van der Waals surface area contributed by atoms with Gasteiger partial charge in [0.1, 0.15) is 12.4 Å². The average Bonchev–Trinajstić information content (AvgIpc) is 2.86. The second-order valence-electron chi connectivity index (χ2n) is 6.35. The molecule has 1 aliphatic rings. The number of pyridine rings is 1. The Morgan fingerprint density at radius 3 is 2.77 bits per heavy atom. The second kappa shape index (κ2) is 7.14. The largest absolute Gasteiger partial charge is 0.504 e. The van der Waals surface area contributed by atoms with E-state index in [1.807, 2.05) is 30.3 Å². The number of aromatic hydroxyl groups is 1. The number of hydrogen-bond donors (Lipinski definition) is 1. The molecule has 0 radical (unpaired) electrons. The summed E-state index contributed by atoms with van der Waals surface area (Å²) in [5, 5.41) is 10.4. The summed E-state index contributed by atoms with van der Waals surface area (Å²) in [5.41, 5.74) is 3.15. The number of hydrogen-bond acceptors (Lipinski definition) is 4. The van der Waals surface area contributed by atoms with Gasteiger partial charge in [0, 0.05) is 42.5 Å². The molecule has 1 N–H and O–H groups in total. The topological polar surface area (TPSA) is 45.6 Å². The van der Waals surface area contributed by atoms with Crippen LogP contribution >= 0.6 is 0 Å². The zero-order chi connectivity index (χ0) is 17.9. The van der Waals surface area contributed by atoms with E-state index in [1.54, 1.807) is 24.4 Å². The third-order valence-electron chi connectivity index (χ3n) is 4.51. The number of phenolic OH excluding ortho intramolecular Hbond substituents is 1. The Bertz CT molecular complexity index is 915. The van der Waals surface area contributed by atoms with Crippen molar-refractivity contribution >= 4 is 0 Å². The Kier molecular flexibility index (Phi) is 4.54. The van der Waals surface area contributed by atoms with E-state index in [2.05, 4.69) is 9.88 Å². The Labute approximate surface area is 151 Å². The molecule has 2 aromatic carbocycles. The number of nitrogens with zero attached hydrogens (tertiary/aromatic N) is 2. The van der Waals surface area contributed by atoms with Gasteiger partial charge in [-0.25, -0.2) is 4.39 Å². The summed E-state index contributed by atoms with van der Waals surface area (Å²) in [6, 6.07) is 16.1. The van der Waals surface area contributed by atoms with Gasteiger partial charge in [-0.15, -0.1) is 0 Å². The van der Waals surface area contributed by atoms with Crippen LogP contribution in [-0.4, -0.2) is 28.1 Å². The van der Waals surface area contributed by atoms with Crippen LogP contribution in [0, 0.1) is 5.82 Å². The molecule has 5 heteroatoms. The van der Waals surface area contributed by atoms with Gasteiger partial charge in [-0.3, -0.25) is 9.88 Å². The van der Waals surface area contributed by atoms with Gasteiger partial charge in [0.15, 0.2) is 11.5 Å². The van der Waals surface area contributed by atoms with Crippen molar-refractivity contribution in [2.75, 3.05) is 13.2 Å². The molecule has 132 valence electrons. The number of phenols is 1. The average molecular weight is 350 g/mol. The first-order chi connectivity index (χ1) is 12.7. The lowest BCUT2D eigenvalue weighted by atomic mass is 10.0. The first-order valence-electron chi connectivity index (χ1n) is 8.56. The van der Waals surface area contributed by atoms with Crippen LogP contribution in [-0.2, 0) is 13.1 Å². The van der Waals surface area contributed by atoms with E-state index in [-0.39, 0.29) is 11.6 Å². The van der Waals surface area contributed by atoms with Crippen LogP contribution in [0.1, 0.15) is 11.1 Å². The van der Waals surface area contributed by atoms with Gasteiger partial charge in [-0.05, 0) is 30.3 Å². The van der Waals surface area contributed by atoms with Crippen LogP contribution in [0.5, 0.6) is 11.5 Å². The van der Waals surface area contributed by atoms with E-state index in [1.165, 1.54) is 6.07 Å². The van der Waals surface area contributed by atoms with Gasteiger partial charge >= 0.3 is 0 Å². The Morgan fingerprint density at radius 1 is 1.12 bits per heavy atom. The fourth-order valence-electron chi connectivity index (χ4n) is 3.24. The van der Waals surface area contributed by atoms with Crippen LogP contribution in [0.15, 0.2) is 60.8 Å². The van der Waals surface area contributed by atoms with E-state index in [4.69, 9.17) is 4.74 Å². The predicted octanol–water partition coefficient (Wildman–Crippen LogP) is 3.99. The summed E-state index contributed by atoms with van der Waals surface area (Å²) in [6.45, 7) is 2.15. The number of rotatable bonds is 3. The maximum atomic E-state index is 14.0. The lowest BCUT2D eigenvalue weighted by Crippen LogP contribution is -2.25. The monoisotopic (exact) mass is 350 g/mol. The third kappa shape index (κ3) is 3.39. The molecule has 2 heterocycles. The van der Waals surface area contributed by atoms with Gasteiger partial charge in [-0.2, -0.15) is 0 Å². The molecule has 1 aromatic heterocycles. The summed E-state index contributed by atoms with van der Waals surface area (Å²) in [4.78, 5) is 6.46. The molecular formula is C21H19FN2O2. The predicted molar refractivity (Wildman–Crippen MR) is 97.3 cm³/mol. The number of benzene rings is 2. The highest BCUT2D eigenvalue weighted by molar-refractivity contribution is 5.66. The third-order valence-corrected chi connectivity index (χ3v) is 4.51. The maximum absolute atomic E-state index is 14.0. The molecule has 1 aliphatic heterocycles. The van der Waals surface area contributed by atoms with Crippen molar-refractivity contribution in [3.05, 3.63) is 77.7 Å². The first-order valence-corrected chi connectivity index (χ1v) is 8.56. The summed E-state index contributed by atoms with van der Waals surface area (Å²) in [6.07, 6.45) is 1.72. The zero-order valence-electron chi connectivity index (χ0n) is 14.2. The lowest BCUT2D eigenvalue weighted by molar-refractivity contribution is 0.215. The summed E-state index contributed by atoms with van der Waals surface area (Å²) in [5.74, 6) is 0.402. The Balaban J connectivity index is 1.65. The molecule has 0 unspecified atom stereocenters. The van der Waals surface area contributed by atoms with Crippen molar-refractivity contribution in [1.29, 1.82) is 0 Å². The zero-order valence-corrected chi connectivity index (χ0v) is 14.2. The number of fused-ring (bicyclic) bond motifs is 1. The van der Waals surface area contributed by atoms with E-state index >= 15 is 0 Å². The van der Waals surface area contributed by atoms with E-state index in [9.17, 15) is 9.50 Å². The molecule has 4 rings (SSSR count). The fraction of sp³-hybridized carbons (Fsp3) is 0.190. The van der Waals surface area contributed by atoms with Gasteiger partial charge < -0.3 is 9.84 Å². The molecule has 0 fully saturated rings. The minimum absolute atomic E-state index is 0.107. The normalized spacial score (nSPS) is 14.3. The van der Waals surface area contributed by atoms with Gasteiger partial charge in [0.2, 0.25) is 0 Å². The lowest BCUT2D eigenvalue weighted by Gasteiger charge is -2.20. The second-order valence-corrected chi connectivity index (χ2v) is 6.35. The molecule has 3 aromatic rings. The van der Waals surface area contributed by atoms with Crippen molar-refractivity contribution in [3.63, 3.8) is 0 Å². The van der Waals surface area contributed by atoms with Gasteiger partial charge in [-0.1, -0.05) is 24.3 Å². The SMILES string of the molecule is Oc1cc(-c2ccccn2)cc2c1OCCN(Cc1ccccc1F)C2. The summed E-state index contributed by atoms with van der Waals surface area (Å²) >= 11 is 0. The van der Waals surface area contributed by atoms with Crippen molar-refractivity contribution in [2.45, 2.75) is 13.1 Å². The van der Waals surface area contributed by atoms with E-state index in [0.717, 1.165) is 16.8 Å². The molecule has 4 nitrogen and oxygen atoms in total. The first kappa shape index (κ1) is 16.5. The van der Waals surface area contributed by atoms with E-state index in [0.29, 0.717) is 37.6 Å². The maximum Gasteiger partial charge on any atom is 0.165 e. The molecular weight excluding hydrogens is 331 g/mol. The quantitative estimate of drug-likeness (QED) is 0.776. The molecule has 0 amide bonds. The minimum Gasteiger partial charge on any atom is -0.504 e. The molecule has 0 saturated heterocycles. The van der Waals surface area contributed by atoms with Crippen molar-refractivity contribution < 1.29 is 14.2 Å². The molecule has 0 aliphatic carbocycles. The van der Waals surface area contributed by atoms with Crippen LogP contribution in [0.3, 0.4) is 0 Å². The Morgan fingerprint density at radius 2 is 1.96 bits per heavy atom. The number of ether oxygens (including phenoxy) is 1. The molecule has 0 saturated carbocycles. The standard InChI is InChI=1S/C21H19FN2O2/c22-18-6-2-1-5-15(18)13-24-9-10-26-21-17(14-24)11-16(12-20(21)25)19-7-3-4-8-23-19/h1-8,11-12,25H,9-10,13-14H2. The smallest absolute Gasteiger partial charge is 0.165 e. The molecule has 26 heavy (non-hydrogen) atoms. The van der Waals surface area contributed by atoms with Gasteiger partial charge in [0.05, 0.1) is 5.69 Å². The van der Waals surface area contributed by atoms with E-state index < -0.39 is 0 Å². The Hall–Kier alpha value is -2.92. The number of halogens is 1. The van der Waals surface area contributed by atoms with Crippen LogP contribution < -0.4 is 4.74 Å². The molecule has 0 atom stereocenters. The molecule has 0 bridgehead atoms. The summed E-state index contributed by atoms with van der Waals surface area (Å²) < 4.78 is 19.7. The molecule has 0 spiro atoms. The van der Waals surface area contributed by atoms with Crippen LogP contribution in [0.25, 0.3) is 11.3 Å². The highest BCUT2D eigenvalue weighted by atomic mass is 19.1.